The summed E-state index contributed by atoms with van der Waals surface area (Å²) in [5.74, 6) is 0. The fraction of sp³-hybridized carbons (Fsp3) is 0.833. The van der Waals surface area contributed by atoms with Gasteiger partial charge in [0.05, 0.1) is 25.9 Å². The van der Waals surface area contributed by atoms with Crippen LogP contribution in [0, 0.1) is 0 Å². The van der Waals surface area contributed by atoms with Crippen molar-refractivity contribution in [3.63, 3.8) is 0 Å². The number of rotatable bonds is 1. The van der Waals surface area contributed by atoms with Crippen molar-refractivity contribution in [2.75, 3.05) is 26.4 Å². The lowest BCUT2D eigenvalue weighted by molar-refractivity contribution is -0.0979. The first-order valence-corrected chi connectivity index (χ1v) is 3.14. The van der Waals surface area contributed by atoms with E-state index < -0.39 is 0 Å². The number of hydrogen-bond donors (Lipinski definition) is 2. The Morgan fingerprint density at radius 3 is 2.70 bits per heavy atom. The lowest BCUT2D eigenvalue weighted by Gasteiger charge is -2.21. The van der Waals surface area contributed by atoms with E-state index in [1.807, 2.05) is 6.79 Å². The van der Waals surface area contributed by atoms with E-state index in [0.717, 1.165) is 13.2 Å². The van der Waals surface area contributed by atoms with Gasteiger partial charge in [0.1, 0.15) is 6.79 Å². The van der Waals surface area contributed by atoms with Crippen LogP contribution in [0.5, 0.6) is 0 Å². The molecule has 1 rings (SSSR count). The second-order valence-electron chi connectivity index (χ2n) is 1.91. The van der Waals surface area contributed by atoms with Crippen LogP contribution in [0.15, 0.2) is 0 Å². The molecule has 0 aromatic heterocycles. The zero-order chi connectivity index (χ0) is 7.82. The molecule has 1 fully saturated rings. The molecule has 1 aliphatic rings. The second kappa shape index (κ2) is 6.67. The van der Waals surface area contributed by atoms with Crippen molar-refractivity contribution in [2.24, 2.45) is 0 Å². The van der Waals surface area contributed by atoms with Gasteiger partial charge in [-0.05, 0) is 0 Å². The predicted octanol–water partition coefficient (Wildman–Crippen LogP) is -1.22. The van der Waals surface area contributed by atoms with Crippen LogP contribution in [-0.4, -0.2) is 44.3 Å². The number of ether oxygens (including phenoxy) is 1. The summed E-state index contributed by atoms with van der Waals surface area (Å²) < 4.78 is 5.05. The summed E-state index contributed by atoms with van der Waals surface area (Å²) in [5.41, 5.74) is 0. The average molecular weight is 147 g/mol. The molecule has 2 N–H and O–H groups in total. The number of nitrogens with one attached hydrogen (secondary N) is 1. The van der Waals surface area contributed by atoms with E-state index in [9.17, 15) is 0 Å². The summed E-state index contributed by atoms with van der Waals surface area (Å²) in [6, 6.07) is 0.170. The number of hydrogen-bond acceptors (Lipinski definition) is 4. The van der Waals surface area contributed by atoms with E-state index in [1.54, 1.807) is 0 Å². The number of carbonyl (C=O) groups excluding carboxylic acids is 1. The fourth-order valence-corrected chi connectivity index (χ4v) is 0.737. The molecule has 0 bridgehead atoms. The molecule has 1 atom stereocenters. The molecule has 1 saturated heterocycles. The molecule has 0 aliphatic carbocycles. The maximum absolute atomic E-state index is 8.55. The van der Waals surface area contributed by atoms with Gasteiger partial charge in [0.2, 0.25) is 0 Å². The normalized spacial score (nSPS) is 24.7. The summed E-state index contributed by atoms with van der Waals surface area (Å²) in [4.78, 5) is 8.00. The van der Waals surface area contributed by atoms with Crippen LogP contribution in [-0.2, 0) is 9.53 Å². The van der Waals surface area contributed by atoms with Crippen LogP contribution in [0.3, 0.4) is 0 Å². The van der Waals surface area contributed by atoms with Gasteiger partial charge in [-0.3, -0.25) is 0 Å². The van der Waals surface area contributed by atoms with Crippen molar-refractivity contribution < 1.29 is 14.6 Å². The van der Waals surface area contributed by atoms with E-state index in [1.165, 1.54) is 0 Å². The summed E-state index contributed by atoms with van der Waals surface area (Å²) >= 11 is 0. The second-order valence-corrected chi connectivity index (χ2v) is 1.91. The molecule has 1 unspecified atom stereocenters. The molecule has 0 aromatic rings. The molecule has 0 spiro atoms. The van der Waals surface area contributed by atoms with Crippen molar-refractivity contribution in [2.45, 2.75) is 6.04 Å². The zero-order valence-electron chi connectivity index (χ0n) is 5.88. The smallest absolute Gasteiger partial charge is 0.106 e. The zero-order valence-corrected chi connectivity index (χ0v) is 5.88. The largest absolute Gasteiger partial charge is 0.395 e. The van der Waals surface area contributed by atoms with Gasteiger partial charge >= 0.3 is 0 Å². The van der Waals surface area contributed by atoms with Crippen LogP contribution >= 0.6 is 0 Å². The monoisotopic (exact) mass is 147 g/mol. The third-order valence-electron chi connectivity index (χ3n) is 1.22. The van der Waals surface area contributed by atoms with Crippen molar-refractivity contribution >= 4 is 6.79 Å². The summed E-state index contributed by atoms with van der Waals surface area (Å²) in [5, 5.41) is 11.6. The molecule has 60 valence electrons. The Labute approximate surface area is 60.2 Å². The predicted molar refractivity (Wildman–Crippen MR) is 36.8 cm³/mol. The Balaban J connectivity index is 0.000000371. The minimum absolute atomic E-state index is 0.170. The van der Waals surface area contributed by atoms with Gasteiger partial charge in [0, 0.05) is 6.54 Å². The average Bonchev–Trinajstić information content (AvgIpc) is 2.10. The minimum atomic E-state index is 0.170. The number of morpholine rings is 1. The SMILES string of the molecule is C=O.OCC1COCCN1. The lowest BCUT2D eigenvalue weighted by Crippen LogP contribution is -2.43. The van der Waals surface area contributed by atoms with Gasteiger partial charge in [0.15, 0.2) is 0 Å². The maximum atomic E-state index is 8.55. The molecular formula is C6H13NO3. The molecule has 0 saturated carbocycles. The van der Waals surface area contributed by atoms with Gasteiger partial charge < -0.3 is 20.0 Å². The van der Waals surface area contributed by atoms with E-state index in [4.69, 9.17) is 14.6 Å². The molecule has 1 aliphatic heterocycles. The third-order valence-corrected chi connectivity index (χ3v) is 1.22. The highest BCUT2D eigenvalue weighted by molar-refractivity contribution is 5.10. The van der Waals surface area contributed by atoms with Crippen LogP contribution < -0.4 is 5.32 Å². The van der Waals surface area contributed by atoms with Crippen molar-refractivity contribution in [3.05, 3.63) is 0 Å². The highest BCUT2D eigenvalue weighted by Crippen LogP contribution is 1.89. The highest BCUT2D eigenvalue weighted by Gasteiger charge is 2.09. The number of aliphatic hydroxyl groups excluding tert-OH is 1. The molecule has 4 heteroatoms. The molecule has 4 nitrogen and oxygen atoms in total. The molecular weight excluding hydrogens is 134 g/mol. The summed E-state index contributed by atoms with van der Waals surface area (Å²) in [6.07, 6.45) is 0. The standard InChI is InChI=1S/C5H11NO2.CH2O/c7-3-5-4-8-2-1-6-5;1-2/h5-7H,1-4H2;1H2. The van der Waals surface area contributed by atoms with E-state index >= 15 is 0 Å². The molecule has 10 heavy (non-hydrogen) atoms. The Morgan fingerprint density at radius 1 is 1.70 bits per heavy atom. The maximum Gasteiger partial charge on any atom is 0.106 e. The van der Waals surface area contributed by atoms with Crippen molar-refractivity contribution in [3.8, 4) is 0 Å². The molecule has 0 amide bonds. The first-order chi connectivity index (χ1) is 4.93. The lowest BCUT2D eigenvalue weighted by atomic mass is 10.3. The van der Waals surface area contributed by atoms with Crippen LogP contribution in [0.2, 0.25) is 0 Å². The third kappa shape index (κ3) is 3.55. The molecule has 0 aromatic carbocycles. The topological polar surface area (TPSA) is 58.6 Å². The summed E-state index contributed by atoms with van der Waals surface area (Å²) in [7, 11) is 0. The van der Waals surface area contributed by atoms with E-state index in [-0.39, 0.29) is 12.6 Å². The van der Waals surface area contributed by atoms with E-state index in [2.05, 4.69) is 5.32 Å². The van der Waals surface area contributed by atoms with Crippen molar-refractivity contribution in [1.82, 2.24) is 5.32 Å². The van der Waals surface area contributed by atoms with Crippen LogP contribution in [0.4, 0.5) is 0 Å². The number of aliphatic hydroxyl groups is 1. The first kappa shape index (κ1) is 9.55. The van der Waals surface area contributed by atoms with Gasteiger partial charge in [-0.25, -0.2) is 0 Å². The number of carbonyl (C=O) groups is 1. The molecule has 0 radical (unpaired) electrons. The highest BCUT2D eigenvalue weighted by atomic mass is 16.5. The first-order valence-electron chi connectivity index (χ1n) is 3.14. The van der Waals surface area contributed by atoms with Gasteiger partial charge in [0.25, 0.3) is 0 Å². The Kier molecular flexibility index (Phi) is 6.37. The Bertz CT molecular complexity index is 73.4. The molecule has 1 heterocycles. The van der Waals surface area contributed by atoms with Crippen LogP contribution in [0.25, 0.3) is 0 Å². The Hall–Kier alpha value is -0.450. The van der Waals surface area contributed by atoms with Crippen LogP contribution in [0.1, 0.15) is 0 Å². The summed E-state index contributed by atoms with van der Waals surface area (Å²) in [6.45, 7) is 4.47. The van der Waals surface area contributed by atoms with Gasteiger partial charge in [-0.15, -0.1) is 0 Å². The minimum Gasteiger partial charge on any atom is -0.395 e. The van der Waals surface area contributed by atoms with E-state index in [0.29, 0.717) is 6.61 Å². The fourth-order valence-electron chi connectivity index (χ4n) is 0.737. The van der Waals surface area contributed by atoms with Gasteiger partial charge in [-0.2, -0.15) is 0 Å². The quantitative estimate of drug-likeness (QED) is 0.488. The van der Waals surface area contributed by atoms with Gasteiger partial charge in [-0.1, -0.05) is 0 Å². The van der Waals surface area contributed by atoms with Crippen molar-refractivity contribution in [1.29, 1.82) is 0 Å². The Morgan fingerprint density at radius 2 is 2.40 bits per heavy atom.